The third kappa shape index (κ3) is 4.03. The normalized spacial score (nSPS) is 19.1. The number of thiophene rings is 1. The Labute approximate surface area is 129 Å². The van der Waals surface area contributed by atoms with Gasteiger partial charge in [0.1, 0.15) is 0 Å². The van der Waals surface area contributed by atoms with Crippen molar-refractivity contribution in [2.45, 2.75) is 57.1 Å². The van der Waals surface area contributed by atoms with Crippen LogP contribution in [0.4, 0.5) is 0 Å². The maximum absolute atomic E-state index is 5.79. The van der Waals surface area contributed by atoms with Crippen LogP contribution < -0.4 is 5.32 Å². The molecule has 2 nitrogen and oxygen atoms in total. The highest BCUT2D eigenvalue weighted by molar-refractivity contribution is 9.10. The van der Waals surface area contributed by atoms with Crippen molar-refractivity contribution in [3.63, 3.8) is 0 Å². The molecular formula is C15H24BrNOS. The smallest absolute Gasteiger partial charge is 0.0693 e. The molecule has 0 amide bonds. The molecule has 1 aliphatic carbocycles. The third-order valence-corrected chi connectivity index (χ3v) is 6.07. The van der Waals surface area contributed by atoms with Gasteiger partial charge in [-0.25, -0.2) is 0 Å². The summed E-state index contributed by atoms with van der Waals surface area (Å²) in [6.07, 6.45) is 7.18. The van der Waals surface area contributed by atoms with E-state index in [2.05, 4.69) is 39.6 Å². The minimum atomic E-state index is 0.148. The number of hydrogen-bond acceptors (Lipinski definition) is 3. The minimum Gasteiger partial charge on any atom is -0.378 e. The highest BCUT2D eigenvalue weighted by atomic mass is 79.9. The molecule has 1 unspecified atom stereocenters. The van der Waals surface area contributed by atoms with Gasteiger partial charge < -0.3 is 10.1 Å². The third-order valence-electron chi connectivity index (χ3n) is 4.12. The Morgan fingerprint density at radius 2 is 2.32 bits per heavy atom. The number of halogens is 1. The second kappa shape index (κ2) is 7.21. The molecule has 0 radical (unpaired) electrons. The Kier molecular flexibility index (Phi) is 5.87. The van der Waals surface area contributed by atoms with E-state index in [9.17, 15) is 0 Å². The summed E-state index contributed by atoms with van der Waals surface area (Å²) in [7, 11) is 1.87. The second-order valence-electron chi connectivity index (χ2n) is 5.49. The highest BCUT2D eigenvalue weighted by Crippen LogP contribution is 2.39. The van der Waals surface area contributed by atoms with E-state index in [1.54, 1.807) is 0 Å². The zero-order valence-corrected chi connectivity index (χ0v) is 14.3. The minimum absolute atomic E-state index is 0.148. The molecule has 4 heteroatoms. The molecule has 0 bridgehead atoms. The van der Waals surface area contributed by atoms with Crippen LogP contribution in [0.3, 0.4) is 0 Å². The van der Waals surface area contributed by atoms with Gasteiger partial charge in [0.05, 0.1) is 5.60 Å². The maximum atomic E-state index is 5.79. The van der Waals surface area contributed by atoms with E-state index in [1.165, 1.54) is 35.0 Å². The van der Waals surface area contributed by atoms with Crippen molar-refractivity contribution in [3.05, 3.63) is 20.8 Å². The monoisotopic (exact) mass is 345 g/mol. The number of methoxy groups -OCH3 is 1. The summed E-state index contributed by atoms with van der Waals surface area (Å²) in [5.41, 5.74) is 0.148. The molecule has 1 saturated carbocycles. The summed E-state index contributed by atoms with van der Waals surface area (Å²) in [4.78, 5) is 1.44. The van der Waals surface area contributed by atoms with Crippen LogP contribution >= 0.6 is 27.3 Å². The summed E-state index contributed by atoms with van der Waals surface area (Å²) < 4.78 is 7.04. The second-order valence-corrected chi connectivity index (χ2v) is 7.35. The zero-order valence-electron chi connectivity index (χ0n) is 11.9. The summed E-state index contributed by atoms with van der Waals surface area (Å²) >= 11 is 5.48. The quantitative estimate of drug-likeness (QED) is 0.754. The van der Waals surface area contributed by atoms with E-state index in [0.717, 1.165) is 19.4 Å². The van der Waals surface area contributed by atoms with Crippen LogP contribution in [0.2, 0.25) is 0 Å². The van der Waals surface area contributed by atoms with E-state index >= 15 is 0 Å². The Balaban J connectivity index is 1.97. The van der Waals surface area contributed by atoms with Gasteiger partial charge in [0, 0.05) is 22.5 Å². The highest BCUT2D eigenvalue weighted by Gasteiger charge is 2.39. The summed E-state index contributed by atoms with van der Waals surface area (Å²) in [6.45, 7) is 3.31. The molecule has 0 aliphatic heterocycles. The molecule has 19 heavy (non-hydrogen) atoms. The summed E-state index contributed by atoms with van der Waals surface area (Å²) in [5, 5.41) is 5.86. The van der Waals surface area contributed by atoms with Gasteiger partial charge in [-0.15, -0.1) is 11.3 Å². The van der Waals surface area contributed by atoms with Gasteiger partial charge in [0.15, 0.2) is 0 Å². The molecule has 2 rings (SSSR count). The van der Waals surface area contributed by atoms with Gasteiger partial charge in [-0.05, 0) is 72.4 Å². The SMILES string of the molecule is CCCNC(Cc1sccc1Br)CC1(OC)CCC1. The zero-order chi connectivity index (χ0) is 13.7. The summed E-state index contributed by atoms with van der Waals surface area (Å²) in [6, 6.07) is 2.67. The molecule has 1 N–H and O–H groups in total. The van der Waals surface area contributed by atoms with E-state index in [1.807, 2.05) is 18.4 Å². The Hall–Kier alpha value is 0.1000. The van der Waals surface area contributed by atoms with Crippen molar-refractivity contribution < 1.29 is 4.74 Å². The lowest BCUT2D eigenvalue weighted by Crippen LogP contribution is -2.46. The molecule has 1 atom stereocenters. The first-order chi connectivity index (χ1) is 9.19. The van der Waals surface area contributed by atoms with Crippen LogP contribution in [0.15, 0.2) is 15.9 Å². The van der Waals surface area contributed by atoms with Crippen molar-refractivity contribution in [1.29, 1.82) is 0 Å². The fourth-order valence-electron chi connectivity index (χ4n) is 2.77. The van der Waals surface area contributed by atoms with Crippen molar-refractivity contribution in [3.8, 4) is 0 Å². The first-order valence-corrected chi connectivity index (χ1v) is 8.87. The van der Waals surface area contributed by atoms with Gasteiger partial charge in [-0.2, -0.15) is 0 Å². The van der Waals surface area contributed by atoms with Crippen LogP contribution in [0.5, 0.6) is 0 Å². The summed E-state index contributed by atoms with van der Waals surface area (Å²) in [5.74, 6) is 0. The van der Waals surface area contributed by atoms with Crippen LogP contribution in [0.1, 0.15) is 43.9 Å². The number of nitrogens with one attached hydrogen (secondary N) is 1. The number of ether oxygens (including phenoxy) is 1. The van der Waals surface area contributed by atoms with Gasteiger partial charge in [-0.3, -0.25) is 0 Å². The number of rotatable bonds is 8. The predicted octanol–water partition coefficient (Wildman–Crippen LogP) is 4.38. The van der Waals surface area contributed by atoms with Gasteiger partial charge in [-0.1, -0.05) is 6.92 Å². The van der Waals surface area contributed by atoms with Crippen molar-refractivity contribution >= 4 is 27.3 Å². The molecular weight excluding hydrogens is 322 g/mol. The molecule has 0 saturated heterocycles. The first-order valence-electron chi connectivity index (χ1n) is 7.19. The lowest BCUT2D eigenvalue weighted by atomic mass is 9.75. The molecule has 0 spiro atoms. The molecule has 1 aromatic rings. The molecule has 1 fully saturated rings. The molecule has 108 valence electrons. The van der Waals surface area contributed by atoms with Gasteiger partial charge >= 0.3 is 0 Å². The lowest BCUT2D eigenvalue weighted by molar-refractivity contribution is -0.0833. The molecule has 0 aromatic carbocycles. The largest absolute Gasteiger partial charge is 0.378 e. The number of hydrogen-bond donors (Lipinski definition) is 1. The Morgan fingerprint density at radius 3 is 2.79 bits per heavy atom. The van der Waals surface area contributed by atoms with Crippen molar-refractivity contribution in [1.82, 2.24) is 5.32 Å². The Bertz CT molecular complexity index is 384. The first kappa shape index (κ1) is 15.5. The average molecular weight is 346 g/mol. The average Bonchev–Trinajstić information content (AvgIpc) is 2.76. The van der Waals surface area contributed by atoms with Crippen molar-refractivity contribution in [2.75, 3.05) is 13.7 Å². The van der Waals surface area contributed by atoms with Crippen LogP contribution in [-0.4, -0.2) is 25.3 Å². The molecule has 1 aliphatic rings. The Morgan fingerprint density at radius 1 is 1.53 bits per heavy atom. The van der Waals surface area contributed by atoms with Gasteiger partial charge in [0.25, 0.3) is 0 Å². The van der Waals surface area contributed by atoms with Crippen molar-refractivity contribution in [2.24, 2.45) is 0 Å². The fraction of sp³-hybridized carbons (Fsp3) is 0.733. The van der Waals surface area contributed by atoms with E-state index in [0.29, 0.717) is 6.04 Å². The predicted molar refractivity (Wildman–Crippen MR) is 86.0 cm³/mol. The van der Waals surface area contributed by atoms with Crippen LogP contribution in [0.25, 0.3) is 0 Å². The van der Waals surface area contributed by atoms with Gasteiger partial charge in [0.2, 0.25) is 0 Å². The fourth-order valence-corrected chi connectivity index (χ4v) is 4.37. The van der Waals surface area contributed by atoms with E-state index in [4.69, 9.17) is 4.74 Å². The standard InChI is InChI=1S/C15H24BrNOS/c1-3-8-17-12(10-14-13(16)5-9-19-14)11-15(18-2)6-4-7-15/h5,9,12,17H,3-4,6-8,10-11H2,1-2H3. The van der Waals surface area contributed by atoms with Crippen LogP contribution in [-0.2, 0) is 11.2 Å². The lowest BCUT2D eigenvalue weighted by Gasteiger charge is -2.43. The molecule has 1 aromatic heterocycles. The maximum Gasteiger partial charge on any atom is 0.0693 e. The molecule has 1 heterocycles. The van der Waals surface area contributed by atoms with Crippen LogP contribution in [0, 0.1) is 0 Å². The van der Waals surface area contributed by atoms with E-state index in [-0.39, 0.29) is 5.60 Å². The van der Waals surface area contributed by atoms with E-state index < -0.39 is 0 Å². The topological polar surface area (TPSA) is 21.3 Å².